The van der Waals surface area contributed by atoms with Crippen LogP contribution in [0.5, 0.6) is 0 Å². The Morgan fingerprint density at radius 2 is 2.05 bits per heavy atom. The lowest BCUT2D eigenvalue weighted by molar-refractivity contribution is -0.131. The zero-order valence-corrected chi connectivity index (χ0v) is 15.2. The van der Waals surface area contributed by atoms with E-state index >= 15 is 0 Å². The Kier molecular flexibility index (Phi) is 3.44. The molecule has 2 nitrogen and oxygen atoms in total. The smallest absolute Gasteiger partial charge is 0.139 e. The molecule has 4 aliphatic carbocycles. The molecule has 0 aromatic heterocycles. The summed E-state index contributed by atoms with van der Waals surface area (Å²) in [6, 6.07) is 0. The van der Waals surface area contributed by atoms with Crippen LogP contribution < -0.4 is 0 Å². The average molecular weight is 367 g/mol. The number of aliphatic hydroxyl groups excluding tert-OH is 1. The molecule has 122 valence electrons. The Balaban J connectivity index is 1.74. The van der Waals surface area contributed by atoms with Gasteiger partial charge in [0.2, 0.25) is 0 Å². The quantitative estimate of drug-likeness (QED) is 0.513. The zero-order chi connectivity index (χ0) is 15.7. The van der Waals surface area contributed by atoms with Crippen molar-refractivity contribution in [1.29, 1.82) is 0 Å². The largest absolute Gasteiger partial charge is 0.393 e. The Hall–Kier alpha value is -0.150. The van der Waals surface area contributed by atoms with E-state index in [0.717, 1.165) is 44.9 Å². The first-order chi connectivity index (χ1) is 10.4. The second-order valence-corrected chi connectivity index (χ2v) is 9.85. The highest BCUT2D eigenvalue weighted by atomic mass is 79.9. The number of carbonyl (C=O) groups excluding carboxylic acids is 1. The number of ketones is 1. The monoisotopic (exact) mass is 366 g/mol. The third-order valence-corrected chi connectivity index (χ3v) is 8.58. The van der Waals surface area contributed by atoms with Crippen LogP contribution in [0.1, 0.15) is 58.8 Å². The van der Waals surface area contributed by atoms with E-state index in [2.05, 4.69) is 35.9 Å². The van der Waals surface area contributed by atoms with Gasteiger partial charge in [-0.05, 0) is 61.7 Å². The van der Waals surface area contributed by atoms with Gasteiger partial charge in [-0.2, -0.15) is 0 Å². The molecule has 0 amide bonds. The van der Waals surface area contributed by atoms with E-state index in [0.29, 0.717) is 28.4 Å². The van der Waals surface area contributed by atoms with Crippen LogP contribution >= 0.6 is 15.9 Å². The predicted octanol–water partition coefficient (Wildman–Crippen LogP) is 4.25. The number of hydrogen-bond donors (Lipinski definition) is 1. The van der Waals surface area contributed by atoms with E-state index < -0.39 is 0 Å². The molecule has 0 saturated heterocycles. The van der Waals surface area contributed by atoms with Crippen LogP contribution in [-0.2, 0) is 4.79 Å². The normalized spacial score (nSPS) is 54.3. The van der Waals surface area contributed by atoms with Crippen LogP contribution in [-0.4, -0.2) is 21.8 Å². The van der Waals surface area contributed by atoms with Crippen molar-refractivity contribution in [1.82, 2.24) is 0 Å². The van der Waals surface area contributed by atoms with Gasteiger partial charge in [0.15, 0.2) is 0 Å². The topological polar surface area (TPSA) is 37.3 Å². The van der Waals surface area contributed by atoms with E-state index in [9.17, 15) is 9.90 Å². The van der Waals surface area contributed by atoms with Crippen LogP contribution in [0.4, 0.5) is 0 Å². The molecule has 1 unspecified atom stereocenters. The van der Waals surface area contributed by atoms with Crippen LogP contribution in [0.3, 0.4) is 0 Å². The SMILES string of the molecule is C[C@]12CC[C@H](O)CC1=CC[C@@H]1[C@@H]2C(Br)C[C@]2(C)C(=O)CC[C@@H]12. The van der Waals surface area contributed by atoms with Gasteiger partial charge >= 0.3 is 0 Å². The molecule has 3 fully saturated rings. The molecule has 4 rings (SSSR count). The summed E-state index contributed by atoms with van der Waals surface area (Å²) >= 11 is 4.00. The first-order valence-electron chi connectivity index (χ1n) is 8.91. The molecule has 22 heavy (non-hydrogen) atoms. The van der Waals surface area contributed by atoms with Gasteiger partial charge in [0, 0.05) is 16.7 Å². The third kappa shape index (κ3) is 1.90. The molecule has 0 bridgehead atoms. The first-order valence-corrected chi connectivity index (χ1v) is 9.83. The molecule has 0 aromatic rings. The average Bonchev–Trinajstić information content (AvgIpc) is 2.75. The Labute approximate surface area is 141 Å². The van der Waals surface area contributed by atoms with E-state index in [1.165, 1.54) is 5.57 Å². The van der Waals surface area contributed by atoms with Crippen molar-refractivity contribution in [3.63, 3.8) is 0 Å². The van der Waals surface area contributed by atoms with Crippen LogP contribution in [0, 0.1) is 28.6 Å². The Bertz CT molecular complexity index is 542. The van der Waals surface area contributed by atoms with Gasteiger partial charge in [0.1, 0.15) is 5.78 Å². The van der Waals surface area contributed by atoms with Gasteiger partial charge in [0.05, 0.1) is 6.10 Å². The molecule has 1 N–H and O–H groups in total. The molecule has 4 aliphatic rings. The number of rotatable bonds is 0. The number of hydrogen-bond acceptors (Lipinski definition) is 2. The molecule has 7 atom stereocenters. The second-order valence-electron chi connectivity index (χ2n) is 8.67. The van der Waals surface area contributed by atoms with Crippen LogP contribution in [0.25, 0.3) is 0 Å². The lowest BCUT2D eigenvalue weighted by Gasteiger charge is -2.58. The molecule has 0 aliphatic heterocycles. The third-order valence-electron chi connectivity index (χ3n) is 7.68. The summed E-state index contributed by atoms with van der Waals surface area (Å²) in [4.78, 5) is 12.9. The first kappa shape index (κ1) is 15.4. The summed E-state index contributed by atoms with van der Waals surface area (Å²) < 4.78 is 0. The summed E-state index contributed by atoms with van der Waals surface area (Å²) in [6.07, 6.45) is 9.16. The van der Waals surface area contributed by atoms with Gasteiger partial charge in [0.25, 0.3) is 0 Å². The zero-order valence-electron chi connectivity index (χ0n) is 13.6. The number of allylic oxidation sites excluding steroid dienone is 1. The van der Waals surface area contributed by atoms with Crippen molar-refractivity contribution >= 4 is 21.7 Å². The van der Waals surface area contributed by atoms with Crippen LogP contribution in [0.2, 0.25) is 0 Å². The fourth-order valence-corrected chi connectivity index (χ4v) is 8.12. The van der Waals surface area contributed by atoms with Gasteiger partial charge in [-0.25, -0.2) is 0 Å². The van der Waals surface area contributed by atoms with E-state index in [4.69, 9.17) is 0 Å². The summed E-state index contributed by atoms with van der Waals surface area (Å²) in [6.45, 7) is 4.65. The molecule has 0 heterocycles. The maximum absolute atomic E-state index is 12.5. The summed E-state index contributed by atoms with van der Waals surface area (Å²) in [5.74, 6) is 2.34. The second kappa shape index (κ2) is 4.92. The Morgan fingerprint density at radius 1 is 1.27 bits per heavy atom. The highest BCUT2D eigenvalue weighted by Crippen LogP contribution is 2.65. The number of fused-ring (bicyclic) bond motifs is 5. The summed E-state index contributed by atoms with van der Waals surface area (Å²) in [7, 11) is 0. The summed E-state index contributed by atoms with van der Waals surface area (Å²) in [5, 5.41) is 10.1. The maximum Gasteiger partial charge on any atom is 0.139 e. The molecular weight excluding hydrogens is 340 g/mol. The standard InChI is InChI=1S/C19H27BrO2/c1-18-8-7-12(21)9-11(18)3-4-13-14-5-6-16(22)19(14,2)10-15(20)17(13)18/h3,12-15,17,21H,4-10H2,1-2H3/t12-,13-,14-,15?,17+,18-,19-/m0/s1. The number of carbonyl (C=O) groups is 1. The fraction of sp³-hybridized carbons (Fsp3) is 0.842. The molecule has 0 aromatic carbocycles. The highest BCUT2D eigenvalue weighted by molar-refractivity contribution is 9.09. The number of Topliss-reactive ketones (excluding diaryl/α,β-unsaturated/α-hetero) is 1. The predicted molar refractivity (Wildman–Crippen MR) is 90.8 cm³/mol. The Morgan fingerprint density at radius 3 is 2.82 bits per heavy atom. The number of halogens is 1. The van der Waals surface area contributed by atoms with E-state index in [1.807, 2.05) is 0 Å². The molecule has 0 radical (unpaired) electrons. The van der Waals surface area contributed by atoms with Gasteiger partial charge in [-0.15, -0.1) is 0 Å². The van der Waals surface area contributed by atoms with Crippen molar-refractivity contribution < 1.29 is 9.90 Å². The van der Waals surface area contributed by atoms with Gasteiger partial charge in [-0.3, -0.25) is 4.79 Å². The number of alkyl halides is 1. The van der Waals surface area contributed by atoms with Crippen LogP contribution in [0.15, 0.2) is 11.6 Å². The molecule has 3 saturated carbocycles. The van der Waals surface area contributed by atoms with Crippen molar-refractivity contribution in [2.45, 2.75) is 69.7 Å². The maximum atomic E-state index is 12.5. The van der Waals surface area contributed by atoms with Gasteiger partial charge < -0.3 is 5.11 Å². The van der Waals surface area contributed by atoms with Crippen molar-refractivity contribution in [3.05, 3.63) is 11.6 Å². The molecular formula is C19H27BrO2. The van der Waals surface area contributed by atoms with Crippen molar-refractivity contribution in [2.24, 2.45) is 28.6 Å². The molecule has 3 heteroatoms. The summed E-state index contributed by atoms with van der Waals surface area (Å²) in [5.41, 5.74) is 1.62. The van der Waals surface area contributed by atoms with Crippen molar-refractivity contribution in [2.75, 3.05) is 0 Å². The lowest BCUT2D eigenvalue weighted by Crippen LogP contribution is -2.54. The van der Waals surface area contributed by atoms with E-state index in [-0.39, 0.29) is 16.9 Å². The lowest BCUT2D eigenvalue weighted by atomic mass is 9.48. The van der Waals surface area contributed by atoms with Crippen molar-refractivity contribution in [3.8, 4) is 0 Å². The fourth-order valence-electron chi connectivity index (χ4n) is 6.47. The van der Waals surface area contributed by atoms with E-state index in [1.54, 1.807) is 0 Å². The highest BCUT2D eigenvalue weighted by Gasteiger charge is 2.61. The minimum absolute atomic E-state index is 0.0920. The molecule has 0 spiro atoms. The minimum Gasteiger partial charge on any atom is -0.393 e. The minimum atomic E-state index is -0.147. The van der Waals surface area contributed by atoms with Gasteiger partial charge in [-0.1, -0.05) is 41.4 Å². The number of aliphatic hydroxyl groups is 1.